The van der Waals surface area contributed by atoms with E-state index in [4.69, 9.17) is 10.2 Å². The third kappa shape index (κ3) is 1.44. The number of furan rings is 1. The Morgan fingerprint density at radius 1 is 1.54 bits per heavy atom. The topological polar surface area (TPSA) is 84.9 Å². The number of rotatable bonds is 1. The van der Waals surface area contributed by atoms with Gasteiger partial charge in [0.25, 0.3) is 5.56 Å². The number of anilines is 1. The first-order valence-corrected chi connectivity index (χ1v) is 3.66. The molecule has 0 aromatic carbocycles. The summed E-state index contributed by atoms with van der Waals surface area (Å²) in [5, 5.41) is 0. The lowest BCUT2D eigenvalue weighted by Gasteiger charge is -1.96. The van der Waals surface area contributed by atoms with Gasteiger partial charge in [-0.2, -0.15) is 0 Å². The van der Waals surface area contributed by atoms with Crippen LogP contribution >= 0.6 is 0 Å². The van der Waals surface area contributed by atoms with Crippen LogP contribution in [0.5, 0.6) is 0 Å². The van der Waals surface area contributed by atoms with E-state index in [0.29, 0.717) is 11.6 Å². The van der Waals surface area contributed by atoms with Crippen LogP contribution in [0.15, 0.2) is 33.7 Å². The molecule has 0 saturated carbocycles. The van der Waals surface area contributed by atoms with Gasteiger partial charge in [0, 0.05) is 6.07 Å². The zero-order chi connectivity index (χ0) is 9.26. The lowest BCUT2D eigenvalue weighted by molar-refractivity contribution is 0.577. The minimum absolute atomic E-state index is 0.176. The van der Waals surface area contributed by atoms with E-state index in [-0.39, 0.29) is 11.4 Å². The SMILES string of the molecule is Nc1cc(=O)[nH]c(-c2ccco2)n1. The quantitative estimate of drug-likeness (QED) is 0.668. The Morgan fingerprint density at radius 3 is 3.00 bits per heavy atom. The predicted molar refractivity (Wildman–Crippen MR) is 47.0 cm³/mol. The van der Waals surface area contributed by atoms with Crippen LogP contribution in [0.1, 0.15) is 0 Å². The Kier molecular flexibility index (Phi) is 1.63. The number of aromatic nitrogens is 2. The van der Waals surface area contributed by atoms with Crippen molar-refractivity contribution in [2.24, 2.45) is 0 Å². The van der Waals surface area contributed by atoms with Crippen LogP contribution in [0.2, 0.25) is 0 Å². The van der Waals surface area contributed by atoms with Crippen molar-refractivity contribution >= 4 is 5.82 Å². The van der Waals surface area contributed by atoms with E-state index in [9.17, 15) is 4.79 Å². The highest BCUT2D eigenvalue weighted by Gasteiger charge is 2.03. The molecular formula is C8H7N3O2. The average molecular weight is 177 g/mol. The molecule has 2 aromatic rings. The number of nitrogens with one attached hydrogen (secondary N) is 1. The van der Waals surface area contributed by atoms with E-state index in [1.54, 1.807) is 12.1 Å². The largest absolute Gasteiger partial charge is 0.461 e. The second-order valence-electron chi connectivity index (χ2n) is 2.50. The number of nitrogens with zero attached hydrogens (tertiary/aromatic N) is 1. The molecule has 0 unspecified atom stereocenters. The summed E-state index contributed by atoms with van der Waals surface area (Å²) in [6.45, 7) is 0. The summed E-state index contributed by atoms with van der Waals surface area (Å²) in [4.78, 5) is 17.4. The van der Waals surface area contributed by atoms with Crippen LogP contribution in [-0.4, -0.2) is 9.97 Å². The number of H-pyrrole nitrogens is 1. The van der Waals surface area contributed by atoms with Crippen molar-refractivity contribution in [3.63, 3.8) is 0 Å². The molecule has 0 radical (unpaired) electrons. The highest BCUT2D eigenvalue weighted by molar-refractivity contribution is 5.48. The first kappa shape index (κ1) is 7.60. The van der Waals surface area contributed by atoms with Crippen molar-refractivity contribution in [1.29, 1.82) is 0 Å². The first-order chi connectivity index (χ1) is 6.25. The van der Waals surface area contributed by atoms with E-state index in [1.165, 1.54) is 12.3 Å². The molecule has 0 aliphatic heterocycles. The zero-order valence-electron chi connectivity index (χ0n) is 6.65. The molecule has 0 aliphatic rings. The molecule has 0 bridgehead atoms. The zero-order valence-corrected chi connectivity index (χ0v) is 6.65. The maximum atomic E-state index is 11.0. The molecule has 5 heteroatoms. The Hall–Kier alpha value is -2.04. The normalized spacial score (nSPS) is 10.2. The molecule has 0 spiro atoms. The van der Waals surface area contributed by atoms with Crippen molar-refractivity contribution in [2.75, 3.05) is 5.73 Å². The van der Waals surface area contributed by atoms with Gasteiger partial charge in [-0.3, -0.25) is 4.79 Å². The van der Waals surface area contributed by atoms with Crippen molar-refractivity contribution in [1.82, 2.24) is 9.97 Å². The summed E-state index contributed by atoms with van der Waals surface area (Å²) < 4.78 is 5.04. The Morgan fingerprint density at radius 2 is 2.38 bits per heavy atom. The van der Waals surface area contributed by atoms with Gasteiger partial charge in [-0.1, -0.05) is 0 Å². The number of nitrogens with two attached hydrogens (primary N) is 1. The van der Waals surface area contributed by atoms with E-state index < -0.39 is 0 Å². The highest BCUT2D eigenvalue weighted by Crippen LogP contribution is 2.13. The van der Waals surface area contributed by atoms with Crippen molar-refractivity contribution in [3.8, 4) is 11.6 Å². The van der Waals surface area contributed by atoms with Gasteiger partial charge in [0.1, 0.15) is 5.82 Å². The van der Waals surface area contributed by atoms with Crippen LogP contribution in [0.4, 0.5) is 5.82 Å². The maximum absolute atomic E-state index is 11.0. The standard InChI is InChI=1S/C8H7N3O2/c9-6-4-7(12)11-8(10-6)5-2-1-3-13-5/h1-4H,(H3,9,10,11,12). The molecule has 0 fully saturated rings. The fourth-order valence-corrected chi connectivity index (χ4v) is 1.01. The summed E-state index contributed by atoms with van der Waals surface area (Å²) in [6.07, 6.45) is 1.50. The van der Waals surface area contributed by atoms with Gasteiger partial charge in [-0.15, -0.1) is 0 Å². The fraction of sp³-hybridized carbons (Fsp3) is 0. The summed E-state index contributed by atoms with van der Waals surface area (Å²) in [7, 11) is 0. The number of hydrogen-bond acceptors (Lipinski definition) is 4. The molecule has 2 rings (SSSR count). The second-order valence-corrected chi connectivity index (χ2v) is 2.50. The fourth-order valence-electron chi connectivity index (χ4n) is 1.01. The number of aromatic amines is 1. The van der Waals surface area contributed by atoms with Crippen LogP contribution in [0.25, 0.3) is 11.6 Å². The summed E-state index contributed by atoms with van der Waals surface area (Å²) in [5.74, 6) is 1.01. The van der Waals surface area contributed by atoms with Crippen LogP contribution in [0, 0.1) is 0 Å². The van der Waals surface area contributed by atoms with Gasteiger partial charge in [0.2, 0.25) is 0 Å². The van der Waals surface area contributed by atoms with Gasteiger partial charge in [0.05, 0.1) is 6.26 Å². The molecule has 66 valence electrons. The monoisotopic (exact) mass is 177 g/mol. The van der Waals surface area contributed by atoms with Crippen LogP contribution in [0.3, 0.4) is 0 Å². The summed E-state index contributed by atoms with van der Waals surface area (Å²) in [5.41, 5.74) is 5.10. The van der Waals surface area contributed by atoms with Crippen molar-refractivity contribution in [2.45, 2.75) is 0 Å². The smallest absolute Gasteiger partial charge is 0.253 e. The Bertz CT molecular complexity index is 458. The van der Waals surface area contributed by atoms with E-state index in [1.807, 2.05) is 0 Å². The minimum Gasteiger partial charge on any atom is -0.461 e. The van der Waals surface area contributed by atoms with E-state index >= 15 is 0 Å². The molecule has 0 aliphatic carbocycles. The number of nitrogen functional groups attached to an aromatic ring is 1. The molecule has 13 heavy (non-hydrogen) atoms. The minimum atomic E-state index is -0.293. The van der Waals surface area contributed by atoms with Crippen LogP contribution < -0.4 is 11.3 Å². The Balaban J connectivity index is 2.59. The van der Waals surface area contributed by atoms with E-state index in [0.717, 1.165) is 0 Å². The molecule has 2 heterocycles. The molecular weight excluding hydrogens is 170 g/mol. The van der Waals surface area contributed by atoms with Crippen molar-refractivity contribution in [3.05, 3.63) is 34.8 Å². The average Bonchev–Trinajstić information content (AvgIpc) is 2.53. The van der Waals surface area contributed by atoms with Gasteiger partial charge in [-0.05, 0) is 12.1 Å². The second kappa shape index (κ2) is 2.78. The number of hydrogen-bond donors (Lipinski definition) is 2. The Labute approximate surface area is 73.2 Å². The third-order valence-corrected chi connectivity index (χ3v) is 1.52. The first-order valence-electron chi connectivity index (χ1n) is 3.66. The molecule has 5 nitrogen and oxygen atoms in total. The van der Waals surface area contributed by atoms with Gasteiger partial charge in [0.15, 0.2) is 11.6 Å². The summed E-state index contributed by atoms with van der Waals surface area (Å²) >= 11 is 0. The van der Waals surface area contributed by atoms with Crippen LogP contribution in [-0.2, 0) is 0 Å². The third-order valence-electron chi connectivity index (χ3n) is 1.52. The maximum Gasteiger partial charge on any atom is 0.253 e. The lowest BCUT2D eigenvalue weighted by atomic mass is 10.4. The molecule has 0 atom stereocenters. The molecule has 0 saturated heterocycles. The summed E-state index contributed by atoms with van der Waals surface area (Å²) in [6, 6.07) is 4.61. The lowest BCUT2D eigenvalue weighted by Crippen LogP contribution is -2.09. The molecule has 3 N–H and O–H groups in total. The predicted octanol–water partition coefficient (Wildman–Crippen LogP) is 0.612. The van der Waals surface area contributed by atoms with E-state index in [2.05, 4.69) is 9.97 Å². The highest BCUT2D eigenvalue weighted by atomic mass is 16.3. The van der Waals surface area contributed by atoms with Crippen molar-refractivity contribution < 1.29 is 4.42 Å². The molecule has 2 aromatic heterocycles. The van der Waals surface area contributed by atoms with Gasteiger partial charge < -0.3 is 15.1 Å². The molecule has 0 amide bonds. The van der Waals surface area contributed by atoms with Gasteiger partial charge in [-0.25, -0.2) is 4.98 Å². The van der Waals surface area contributed by atoms with Gasteiger partial charge >= 0.3 is 0 Å².